The molecule has 1 unspecified atom stereocenters. The zero-order valence-corrected chi connectivity index (χ0v) is 13.5. The number of hydrogen-bond donors (Lipinski definition) is 1. The van der Waals surface area contributed by atoms with E-state index in [1.165, 1.54) is 0 Å². The summed E-state index contributed by atoms with van der Waals surface area (Å²) in [7, 11) is 0. The molecule has 0 saturated carbocycles. The minimum atomic E-state index is -0.0881. The molecular formula is C16H25FN2S. The van der Waals surface area contributed by atoms with Crippen LogP contribution in [-0.4, -0.2) is 30.1 Å². The van der Waals surface area contributed by atoms with Crippen molar-refractivity contribution in [1.82, 2.24) is 5.32 Å². The van der Waals surface area contributed by atoms with Crippen LogP contribution in [0.15, 0.2) is 18.2 Å². The highest BCUT2D eigenvalue weighted by Crippen LogP contribution is 2.28. The fourth-order valence-corrected chi connectivity index (χ4v) is 3.60. The summed E-state index contributed by atoms with van der Waals surface area (Å²) in [6.07, 6.45) is 1.15. The molecule has 2 rings (SSSR count). The Morgan fingerprint density at radius 1 is 1.45 bits per heavy atom. The molecule has 20 heavy (non-hydrogen) atoms. The molecule has 0 spiro atoms. The normalized spacial score (nSPS) is 19.6. The Bertz CT molecular complexity index is 436. The van der Waals surface area contributed by atoms with Crippen molar-refractivity contribution in [2.75, 3.05) is 23.7 Å². The van der Waals surface area contributed by atoms with E-state index in [1.54, 1.807) is 6.07 Å². The summed E-state index contributed by atoms with van der Waals surface area (Å²) in [6.45, 7) is 9.03. The van der Waals surface area contributed by atoms with Gasteiger partial charge in [0.15, 0.2) is 0 Å². The fourth-order valence-electron chi connectivity index (χ4n) is 2.42. The summed E-state index contributed by atoms with van der Waals surface area (Å²) in [5, 5.41) is 3.95. The maximum absolute atomic E-state index is 14.3. The molecule has 1 fully saturated rings. The molecule has 4 heteroatoms. The van der Waals surface area contributed by atoms with Gasteiger partial charge in [0.25, 0.3) is 0 Å². The van der Waals surface area contributed by atoms with Crippen molar-refractivity contribution >= 4 is 17.4 Å². The molecule has 1 N–H and O–H groups in total. The van der Waals surface area contributed by atoms with Gasteiger partial charge in [-0.2, -0.15) is 11.8 Å². The average Bonchev–Trinajstić information content (AvgIpc) is 2.45. The number of halogens is 1. The number of anilines is 1. The van der Waals surface area contributed by atoms with Crippen molar-refractivity contribution in [3.63, 3.8) is 0 Å². The first-order chi connectivity index (χ1) is 9.60. The van der Waals surface area contributed by atoms with Crippen molar-refractivity contribution in [2.45, 2.75) is 45.0 Å². The van der Waals surface area contributed by atoms with Crippen molar-refractivity contribution in [2.24, 2.45) is 0 Å². The lowest BCUT2D eigenvalue weighted by atomic mass is 10.1. The van der Waals surface area contributed by atoms with Gasteiger partial charge in [0, 0.05) is 36.7 Å². The maximum atomic E-state index is 14.3. The lowest BCUT2D eigenvalue weighted by Crippen LogP contribution is -2.38. The van der Waals surface area contributed by atoms with E-state index in [0.717, 1.165) is 43.1 Å². The zero-order valence-electron chi connectivity index (χ0n) is 12.7. The minimum absolute atomic E-state index is 0.0881. The van der Waals surface area contributed by atoms with Gasteiger partial charge in [-0.3, -0.25) is 0 Å². The van der Waals surface area contributed by atoms with Gasteiger partial charge >= 0.3 is 0 Å². The van der Waals surface area contributed by atoms with Crippen LogP contribution in [0.25, 0.3) is 0 Å². The third-order valence-electron chi connectivity index (χ3n) is 3.66. The van der Waals surface area contributed by atoms with Crippen LogP contribution >= 0.6 is 11.8 Å². The lowest BCUT2D eigenvalue weighted by molar-refractivity contribution is 0.579. The van der Waals surface area contributed by atoms with Crippen molar-refractivity contribution in [1.29, 1.82) is 0 Å². The Kier molecular flexibility index (Phi) is 5.73. The summed E-state index contributed by atoms with van der Waals surface area (Å²) in [4.78, 5) is 2.19. The van der Waals surface area contributed by atoms with E-state index in [1.807, 2.05) is 23.9 Å². The highest BCUT2D eigenvalue weighted by Gasteiger charge is 2.21. The van der Waals surface area contributed by atoms with Crippen LogP contribution in [0.5, 0.6) is 0 Å². The number of nitrogens with zero attached hydrogens (tertiary/aromatic N) is 1. The summed E-state index contributed by atoms with van der Waals surface area (Å²) in [6, 6.07) is 6.07. The van der Waals surface area contributed by atoms with Crippen LogP contribution in [0.4, 0.5) is 10.1 Å². The first kappa shape index (κ1) is 15.6. The Morgan fingerprint density at radius 2 is 2.25 bits per heavy atom. The third kappa shape index (κ3) is 4.13. The summed E-state index contributed by atoms with van der Waals surface area (Å²) >= 11 is 2.01. The Morgan fingerprint density at radius 3 is 2.90 bits per heavy atom. The molecule has 1 heterocycles. The number of hydrogen-bond acceptors (Lipinski definition) is 3. The number of thioether (sulfide) groups is 1. The maximum Gasteiger partial charge on any atom is 0.146 e. The molecule has 0 aromatic heterocycles. The molecule has 1 atom stereocenters. The Hall–Kier alpha value is -0.740. The third-order valence-corrected chi connectivity index (χ3v) is 5.03. The number of nitrogens with one attached hydrogen (secondary N) is 1. The highest BCUT2D eigenvalue weighted by atomic mass is 32.2. The topological polar surface area (TPSA) is 15.3 Å². The van der Waals surface area contributed by atoms with E-state index in [-0.39, 0.29) is 5.82 Å². The molecule has 2 nitrogen and oxygen atoms in total. The van der Waals surface area contributed by atoms with E-state index in [4.69, 9.17) is 0 Å². The minimum Gasteiger partial charge on any atom is -0.367 e. The largest absolute Gasteiger partial charge is 0.367 e. The number of benzene rings is 1. The molecule has 112 valence electrons. The van der Waals surface area contributed by atoms with E-state index in [2.05, 4.69) is 31.0 Å². The van der Waals surface area contributed by atoms with Gasteiger partial charge in [-0.05, 0) is 24.1 Å². The second kappa shape index (κ2) is 7.32. The molecule has 1 saturated heterocycles. The second-order valence-corrected chi connectivity index (χ2v) is 7.08. The number of rotatable bonds is 5. The van der Waals surface area contributed by atoms with Gasteiger partial charge < -0.3 is 10.2 Å². The summed E-state index contributed by atoms with van der Waals surface area (Å²) in [5.41, 5.74) is 1.77. The van der Waals surface area contributed by atoms with Crippen LogP contribution in [0.1, 0.15) is 32.8 Å². The standard InChI is InChI=1S/C16H25FN2S/c1-4-14-11-19(7-8-20-14)16-6-5-13(9-15(16)17)10-18-12(2)3/h5-6,9,12,14,18H,4,7-8,10-11H2,1-3H3. The van der Waals surface area contributed by atoms with Gasteiger partial charge in [-0.1, -0.05) is 26.8 Å². The summed E-state index contributed by atoms with van der Waals surface area (Å²) in [5.74, 6) is 1.00. The smallest absolute Gasteiger partial charge is 0.146 e. The lowest BCUT2D eigenvalue weighted by Gasteiger charge is -2.34. The van der Waals surface area contributed by atoms with E-state index in [0.29, 0.717) is 11.3 Å². The molecular weight excluding hydrogens is 271 g/mol. The highest BCUT2D eigenvalue weighted by molar-refractivity contribution is 8.00. The summed E-state index contributed by atoms with van der Waals surface area (Å²) < 4.78 is 14.3. The molecule has 0 radical (unpaired) electrons. The van der Waals surface area contributed by atoms with Crippen LogP contribution in [0, 0.1) is 5.82 Å². The van der Waals surface area contributed by atoms with E-state index in [9.17, 15) is 4.39 Å². The molecule has 1 aliphatic rings. The molecule has 1 aromatic carbocycles. The van der Waals surface area contributed by atoms with Gasteiger partial charge in [0.05, 0.1) is 5.69 Å². The fraction of sp³-hybridized carbons (Fsp3) is 0.625. The van der Waals surface area contributed by atoms with Crippen LogP contribution in [-0.2, 0) is 6.54 Å². The van der Waals surface area contributed by atoms with Gasteiger partial charge in [-0.15, -0.1) is 0 Å². The molecule has 0 amide bonds. The predicted molar refractivity (Wildman–Crippen MR) is 87.1 cm³/mol. The van der Waals surface area contributed by atoms with Crippen LogP contribution < -0.4 is 10.2 Å². The van der Waals surface area contributed by atoms with Crippen molar-refractivity contribution in [3.8, 4) is 0 Å². The SMILES string of the molecule is CCC1CN(c2ccc(CNC(C)C)cc2F)CCS1. The van der Waals surface area contributed by atoms with Crippen LogP contribution in [0.3, 0.4) is 0 Å². The molecule has 0 aliphatic carbocycles. The monoisotopic (exact) mass is 296 g/mol. The van der Waals surface area contributed by atoms with Gasteiger partial charge in [0.1, 0.15) is 5.82 Å². The van der Waals surface area contributed by atoms with E-state index >= 15 is 0 Å². The van der Waals surface area contributed by atoms with Crippen molar-refractivity contribution in [3.05, 3.63) is 29.6 Å². The first-order valence-electron chi connectivity index (χ1n) is 7.48. The second-order valence-electron chi connectivity index (χ2n) is 5.67. The van der Waals surface area contributed by atoms with Crippen molar-refractivity contribution < 1.29 is 4.39 Å². The Labute approximate surface area is 126 Å². The van der Waals surface area contributed by atoms with Gasteiger partial charge in [-0.25, -0.2) is 4.39 Å². The van der Waals surface area contributed by atoms with Gasteiger partial charge in [0.2, 0.25) is 0 Å². The van der Waals surface area contributed by atoms with Crippen LogP contribution in [0.2, 0.25) is 0 Å². The Balaban J connectivity index is 2.05. The average molecular weight is 296 g/mol. The molecule has 1 aromatic rings. The molecule has 1 aliphatic heterocycles. The molecule has 0 bridgehead atoms. The zero-order chi connectivity index (χ0) is 14.5. The predicted octanol–water partition coefficient (Wildman–Crippen LogP) is 3.66. The first-order valence-corrected chi connectivity index (χ1v) is 8.53. The quantitative estimate of drug-likeness (QED) is 0.893. The van der Waals surface area contributed by atoms with E-state index < -0.39 is 0 Å².